The predicted molar refractivity (Wildman–Crippen MR) is 65.1 cm³/mol. The Morgan fingerprint density at radius 2 is 1.93 bits per heavy atom. The maximum absolute atomic E-state index is 11.6. The smallest absolute Gasteiger partial charge is 0.223 e. The summed E-state index contributed by atoms with van der Waals surface area (Å²) in [5.74, 6) is 1.16. The SMILES string of the molecule is CCCNC(=O)[C@H]1CC[C@H](CN)CC1.Cl. The molecular weight excluding hydrogens is 212 g/mol. The molecule has 0 spiro atoms. The first kappa shape index (κ1) is 14.7. The van der Waals surface area contributed by atoms with Gasteiger partial charge in [0.15, 0.2) is 0 Å². The molecule has 1 aliphatic rings. The van der Waals surface area contributed by atoms with Crippen LogP contribution in [0.3, 0.4) is 0 Å². The van der Waals surface area contributed by atoms with E-state index in [0.29, 0.717) is 5.92 Å². The lowest BCUT2D eigenvalue weighted by molar-refractivity contribution is -0.126. The van der Waals surface area contributed by atoms with Gasteiger partial charge in [-0.3, -0.25) is 4.79 Å². The lowest BCUT2D eigenvalue weighted by atomic mass is 9.81. The zero-order valence-electron chi connectivity index (χ0n) is 9.50. The molecule has 1 fully saturated rings. The molecule has 0 radical (unpaired) electrons. The second kappa shape index (κ2) is 7.94. The highest BCUT2D eigenvalue weighted by molar-refractivity contribution is 5.85. The first-order valence-electron chi connectivity index (χ1n) is 5.75. The molecule has 1 saturated carbocycles. The van der Waals surface area contributed by atoms with Gasteiger partial charge in [0.25, 0.3) is 0 Å². The fourth-order valence-electron chi connectivity index (χ4n) is 2.05. The zero-order valence-corrected chi connectivity index (χ0v) is 10.3. The van der Waals surface area contributed by atoms with Gasteiger partial charge in [0.05, 0.1) is 0 Å². The summed E-state index contributed by atoms with van der Waals surface area (Å²) >= 11 is 0. The van der Waals surface area contributed by atoms with Gasteiger partial charge < -0.3 is 11.1 Å². The summed E-state index contributed by atoms with van der Waals surface area (Å²) in [5, 5.41) is 2.96. The van der Waals surface area contributed by atoms with Crippen molar-refractivity contribution in [1.82, 2.24) is 5.32 Å². The van der Waals surface area contributed by atoms with Crippen molar-refractivity contribution in [2.24, 2.45) is 17.6 Å². The third-order valence-electron chi connectivity index (χ3n) is 3.10. The van der Waals surface area contributed by atoms with E-state index >= 15 is 0 Å². The third-order valence-corrected chi connectivity index (χ3v) is 3.10. The van der Waals surface area contributed by atoms with Crippen molar-refractivity contribution in [1.29, 1.82) is 0 Å². The van der Waals surface area contributed by atoms with E-state index in [1.54, 1.807) is 0 Å². The van der Waals surface area contributed by atoms with Gasteiger partial charge in [-0.25, -0.2) is 0 Å². The van der Waals surface area contributed by atoms with Crippen LogP contribution in [0.5, 0.6) is 0 Å². The molecule has 0 unspecified atom stereocenters. The average molecular weight is 235 g/mol. The standard InChI is InChI=1S/C11H22N2O.ClH/c1-2-7-13-11(14)10-5-3-9(8-12)4-6-10;/h9-10H,2-8,12H2,1H3,(H,13,14);1H/t9-,10-;. The van der Waals surface area contributed by atoms with Crippen LogP contribution in [-0.4, -0.2) is 19.0 Å². The van der Waals surface area contributed by atoms with Crippen molar-refractivity contribution in [3.05, 3.63) is 0 Å². The van der Waals surface area contributed by atoms with Crippen LogP contribution < -0.4 is 11.1 Å². The van der Waals surface area contributed by atoms with E-state index in [0.717, 1.165) is 45.2 Å². The highest BCUT2D eigenvalue weighted by Gasteiger charge is 2.24. The van der Waals surface area contributed by atoms with E-state index in [1.807, 2.05) is 0 Å². The summed E-state index contributed by atoms with van der Waals surface area (Å²) in [4.78, 5) is 11.6. The number of halogens is 1. The van der Waals surface area contributed by atoms with Crippen molar-refractivity contribution < 1.29 is 4.79 Å². The summed E-state index contributed by atoms with van der Waals surface area (Å²) in [7, 11) is 0. The molecule has 1 amide bonds. The number of nitrogens with one attached hydrogen (secondary N) is 1. The fraction of sp³-hybridized carbons (Fsp3) is 0.909. The normalized spacial score (nSPS) is 25.5. The minimum Gasteiger partial charge on any atom is -0.356 e. The van der Waals surface area contributed by atoms with Crippen LogP contribution >= 0.6 is 12.4 Å². The van der Waals surface area contributed by atoms with Crippen LogP contribution in [0.15, 0.2) is 0 Å². The van der Waals surface area contributed by atoms with Crippen LogP contribution in [0.25, 0.3) is 0 Å². The van der Waals surface area contributed by atoms with Gasteiger partial charge in [-0.1, -0.05) is 6.92 Å². The van der Waals surface area contributed by atoms with Crippen molar-refractivity contribution in [2.45, 2.75) is 39.0 Å². The van der Waals surface area contributed by atoms with Gasteiger partial charge in [-0.2, -0.15) is 0 Å². The Hall–Kier alpha value is -0.280. The first-order valence-corrected chi connectivity index (χ1v) is 5.75. The number of carbonyl (C=O) groups excluding carboxylic acids is 1. The Morgan fingerprint density at radius 1 is 1.33 bits per heavy atom. The number of hydrogen-bond acceptors (Lipinski definition) is 2. The molecule has 0 aromatic heterocycles. The molecule has 0 heterocycles. The first-order chi connectivity index (χ1) is 6.77. The zero-order chi connectivity index (χ0) is 10.4. The molecule has 1 aliphatic carbocycles. The van der Waals surface area contributed by atoms with E-state index < -0.39 is 0 Å². The predicted octanol–water partition coefficient (Wildman–Crippen LogP) is 1.70. The summed E-state index contributed by atoms with van der Waals surface area (Å²) in [6, 6.07) is 0. The van der Waals surface area contributed by atoms with Gasteiger partial charge >= 0.3 is 0 Å². The van der Waals surface area contributed by atoms with Crippen molar-refractivity contribution in [3.8, 4) is 0 Å². The van der Waals surface area contributed by atoms with Gasteiger partial charge in [0.2, 0.25) is 5.91 Å². The van der Waals surface area contributed by atoms with Crippen molar-refractivity contribution in [3.63, 3.8) is 0 Å². The molecule has 3 nitrogen and oxygen atoms in total. The monoisotopic (exact) mass is 234 g/mol. The molecule has 4 heteroatoms. The number of carbonyl (C=O) groups is 1. The summed E-state index contributed by atoms with van der Waals surface area (Å²) in [5.41, 5.74) is 5.60. The maximum Gasteiger partial charge on any atom is 0.223 e. The number of nitrogens with two attached hydrogens (primary N) is 1. The topological polar surface area (TPSA) is 55.1 Å². The third kappa shape index (κ3) is 4.85. The Balaban J connectivity index is 0.00000196. The fourth-order valence-corrected chi connectivity index (χ4v) is 2.05. The van der Waals surface area contributed by atoms with E-state index in [-0.39, 0.29) is 24.2 Å². The largest absolute Gasteiger partial charge is 0.356 e. The van der Waals surface area contributed by atoms with Crippen molar-refractivity contribution in [2.75, 3.05) is 13.1 Å². The van der Waals surface area contributed by atoms with Crippen LogP contribution in [0, 0.1) is 11.8 Å². The van der Waals surface area contributed by atoms with E-state index in [4.69, 9.17) is 5.73 Å². The number of rotatable bonds is 4. The van der Waals surface area contributed by atoms with E-state index in [9.17, 15) is 4.79 Å². The van der Waals surface area contributed by atoms with E-state index in [2.05, 4.69) is 12.2 Å². The van der Waals surface area contributed by atoms with Crippen LogP contribution in [0.4, 0.5) is 0 Å². The molecule has 0 bridgehead atoms. The molecule has 0 aromatic carbocycles. The lowest BCUT2D eigenvalue weighted by Gasteiger charge is -2.26. The Morgan fingerprint density at radius 3 is 2.40 bits per heavy atom. The summed E-state index contributed by atoms with van der Waals surface area (Å²) < 4.78 is 0. The molecule has 0 aliphatic heterocycles. The number of hydrogen-bond donors (Lipinski definition) is 2. The number of amides is 1. The quantitative estimate of drug-likeness (QED) is 0.778. The second-order valence-corrected chi connectivity index (χ2v) is 4.24. The molecule has 90 valence electrons. The van der Waals surface area contributed by atoms with Gasteiger partial charge in [-0.15, -0.1) is 12.4 Å². The second-order valence-electron chi connectivity index (χ2n) is 4.24. The van der Waals surface area contributed by atoms with Gasteiger partial charge in [0.1, 0.15) is 0 Å². The molecule has 3 N–H and O–H groups in total. The minimum absolute atomic E-state index is 0. The Kier molecular flexibility index (Phi) is 7.79. The lowest BCUT2D eigenvalue weighted by Crippen LogP contribution is -2.34. The molecule has 0 atom stereocenters. The maximum atomic E-state index is 11.6. The van der Waals surface area contributed by atoms with Crippen LogP contribution in [0.1, 0.15) is 39.0 Å². The minimum atomic E-state index is 0. The van der Waals surface area contributed by atoms with E-state index in [1.165, 1.54) is 0 Å². The molecule has 1 rings (SSSR count). The average Bonchev–Trinajstić information content (AvgIpc) is 2.26. The summed E-state index contributed by atoms with van der Waals surface area (Å²) in [6.45, 7) is 3.67. The molecule has 0 aromatic rings. The summed E-state index contributed by atoms with van der Waals surface area (Å²) in [6.07, 6.45) is 5.32. The van der Waals surface area contributed by atoms with Crippen molar-refractivity contribution >= 4 is 18.3 Å². The Labute approximate surface area is 98.6 Å². The van der Waals surface area contributed by atoms with Gasteiger partial charge in [0, 0.05) is 12.5 Å². The Bertz CT molecular complexity index is 179. The molecular formula is C11H23ClN2O. The van der Waals surface area contributed by atoms with Gasteiger partial charge in [-0.05, 0) is 44.6 Å². The highest BCUT2D eigenvalue weighted by atomic mass is 35.5. The molecule has 0 saturated heterocycles. The van der Waals surface area contributed by atoms with Crippen LogP contribution in [-0.2, 0) is 4.79 Å². The van der Waals surface area contributed by atoms with Crippen LogP contribution in [0.2, 0.25) is 0 Å². The highest BCUT2D eigenvalue weighted by Crippen LogP contribution is 2.27. The molecule has 15 heavy (non-hydrogen) atoms.